The molecule has 5 nitrogen and oxygen atoms in total. The maximum absolute atomic E-state index is 12.5. The van der Waals surface area contributed by atoms with Crippen LogP contribution in [-0.2, 0) is 17.8 Å². The van der Waals surface area contributed by atoms with Gasteiger partial charge in [-0.05, 0) is 38.2 Å². The minimum atomic E-state index is 0.110. The van der Waals surface area contributed by atoms with Crippen LogP contribution in [0.15, 0.2) is 30.5 Å². The quantitative estimate of drug-likeness (QED) is 0.893. The fourth-order valence-corrected chi connectivity index (χ4v) is 4.38. The molecule has 0 spiro atoms. The number of fused-ring (bicyclic) bond motifs is 1. The Balaban J connectivity index is 1.52. The van der Waals surface area contributed by atoms with Crippen molar-refractivity contribution in [3.63, 3.8) is 0 Å². The van der Waals surface area contributed by atoms with Gasteiger partial charge in [0.05, 0.1) is 25.9 Å². The molecule has 1 aromatic carbocycles. The highest BCUT2D eigenvalue weighted by Gasteiger charge is 2.29. The maximum atomic E-state index is 12.5. The van der Waals surface area contributed by atoms with Crippen LogP contribution in [0.1, 0.15) is 61.4 Å². The Hall–Kier alpha value is -2.30. The number of aromatic nitrogens is 2. The Bertz CT molecular complexity index is 777. The molecule has 2 aromatic rings. The number of methoxy groups -OCH3 is 1. The van der Waals surface area contributed by atoms with Crippen molar-refractivity contribution in [1.29, 1.82) is 0 Å². The third kappa shape index (κ3) is 3.35. The summed E-state index contributed by atoms with van der Waals surface area (Å²) in [5.74, 6) is 1.33. The lowest BCUT2D eigenvalue weighted by Crippen LogP contribution is -2.34. The Morgan fingerprint density at radius 3 is 2.85 bits per heavy atom. The van der Waals surface area contributed by atoms with Crippen LogP contribution < -0.4 is 10.1 Å². The normalized spacial score (nSPS) is 20.0. The van der Waals surface area contributed by atoms with E-state index in [9.17, 15) is 4.79 Å². The van der Waals surface area contributed by atoms with E-state index in [-0.39, 0.29) is 17.9 Å². The Morgan fingerprint density at radius 1 is 1.23 bits per heavy atom. The lowest BCUT2D eigenvalue weighted by atomic mass is 9.92. The fourth-order valence-electron chi connectivity index (χ4n) is 4.38. The molecule has 1 aromatic heterocycles. The average molecular weight is 353 g/mol. The monoisotopic (exact) mass is 353 g/mol. The highest BCUT2D eigenvalue weighted by molar-refractivity contribution is 5.79. The number of carbonyl (C=O) groups is 1. The van der Waals surface area contributed by atoms with Crippen LogP contribution in [0.3, 0.4) is 0 Å². The highest BCUT2D eigenvalue weighted by Crippen LogP contribution is 2.32. The first-order valence-corrected chi connectivity index (χ1v) is 9.73. The highest BCUT2D eigenvalue weighted by atomic mass is 16.5. The van der Waals surface area contributed by atoms with E-state index < -0.39 is 0 Å². The number of amides is 1. The summed E-state index contributed by atoms with van der Waals surface area (Å²) in [6, 6.07) is 8.18. The summed E-state index contributed by atoms with van der Waals surface area (Å²) in [4.78, 5) is 12.5. The number of rotatable bonds is 5. The van der Waals surface area contributed by atoms with Crippen LogP contribution >= 0.6 is 0 Å². The molecule has 0 saturated heterocycles. The average Bonchev–Trinajstić information content (AvgIpc) is 3.33. The molecule has 5 heteroatoms. The molecule has 0 radical (unpaired) electrons. The van der Waals surface area contributed by atoms with E-state index in [1.54, 1.807) is 7.11 Å². The van der Waals surface area contributed by atoms with Crippen LogP contribution in [-0.4, -0.2) is 22.8 Å². The van der Waals surface area contributed by atoms with E-state index in [1.807, 2.05) is 24.4 Å². The first-order chi connectivity index (χ1) is 12.8. The summed E-state index contributed by atoms with van der Waals surface area (Å²) in [6.45, 7) is 0.697. The molecule has 1 fully saturated rings. The Labute approximate surface area is 154 Å². The van der Waals surface area contributed by atoms with Crippen LogP contribution in [0.2, 0.25) is 0 Å². The molecule has 1 atom stereocenters. The molecule has 1 saturated carbocycles. The van der Waals surface area contributed by atoms with Crippen LogP contribution in [0.5, 0.6) is 5.75 Å². The molecule has 0 aliphatic heterocycles. The maximum Gasteiger partial charge on any atom is 0.223 e. The van der Waals surface area contributed by atoms with E-state index >= 15 is 0 Å². The van der Waals surface area contributed by atoms with Crippen molar-refractivity contribution in [1.82, 2.24) is 15.1 Å². The summed E-state index contributed by atoms with van der Waals surface area (Å²) in [7, 11) is 1.70. The van der Waals surface area contributed by atoms with Gasteiger partial charge in [0.15, 0.2) is 0 Å². The van der Waals surface area contributed by atoms with Crippen molar-refractivity contribution in [3.05, 3.63) is 47.3 Å². The molecule has 2 aliphatic rings. The summed E-state index contributed by atoms with van der Waals surface area (Å²) < 4.78 is 7.54. The zero-order chi connectivity index (χ0) is 17.9. The van der Waals surface area contributed by atoms with Crippen molar-refractivity contribution >= 4 is 5.91 Å². The van der Waals surface area contributed by atoms with Crippen molar-refractivity contribution in [2.75, 3.05) is 7.11 Å². The smallest absolute Gasteiger partial charge is 0.223 e. The van der Waals surface area contributed by atoms with Gasteiger partial charge in [-0.15, -0.1) is 0 Å². The van der Waals surface area contributed by atoms with Gasteiger partial charge in [0.2, 0.25) is 5.91 Å². The third-order valence-corrected chi connectivity index (χ3v) is 5.82. The summed E-state index contributed by atoms with van der Waals surface area (Å²) in [6.07, 6.45) is 9.50. The molecule has 4 rings (SSSR count). The predicted octanol–water partition coefficient (Wildman–Crippen LogP) is 3.62. The van der Waals surface area contributed by atoms with Gasteiger partial charge in [-0.1, -0.05) is 31.0 Å². The van der Waals surface area contributed by atoms with Gasteiger partial charge in [-0.2, -0.15) is 5.10 Å². The van der Waals surface area contributed by atoms with E-state index in [1.165, 1.54) is 24.1 Å². The van der Waals surface area contributed by atoms with Crippen molar-refractivity contribution < 1.29 is 9.53 Å². The van der Waals surface area contributed by atoms with Gasteiger partial charge in [0.25, 0.3) is 0 Å². The largest absolute Gasteiger partial charge is 0.496 e. The summed E-state index contributed by atoms with van der Waals surface area (Å²) >= 11 is 0. The van der Waals surface area contributed by atoms with Gasteiger partial charge >= 0.3 is 0 Å². The number of hydrogen-bond donors (Lipinski definition) is 1. The van der Waals surface area contributed by atoms with Crippen LogP contribution in [0.25, 0.3) is 0 Å². The second-order valence-electron chi connectivity index (χ2n) is 7.45. The lowest BCUT2D eigenvalue weighted by molar-refractivity contribution is -0.125. The summed E-state index contributed by atoms with van der Waals surface area (Å²) in [5, 5.41) is 7.93. The second-order valence-corrected chi connectivity index (χ2v) is 7.45. The minimum Gasteiger partial charge on any atom is -0.496 e. The number of para-hydroxylation sites is 1. The van der Waals surface area contributed by atoms with E-state index in [4.69, 9.17) is 4.74 Å². The predicted molar refractivity (Wildman–Crippen MR) is 100 cm³/mol. The third-order valence-electron chi connectivity index (χ3n) is 5.82. The number of carbonyl (C=O) groups excluding carboxylic acids is 1. The fraction of sp³-hybridized carbons (Fsp3) is 0.524. The first-order valence-electron chi connectivity index (χ1n) is 9.73. The molecule has 1 N–H and O–H groups in total. The summed E-state index contributed by atoms with van der Waals surface area (Å²) in [5.41, 5.74) is 3.56. The number of hydrogen-bond acceptors (Lipinski definition) is 3. The molecule has 1 heterocycles. The Morgan fingerprint density at radius 2 is 2.04 bits per heavy atom. The van der Waals surface area contributed by atoms with Gasteiger partial charge in [0.1, 0.15) is 5.75 Å². The molecule has 1 amide bonds. The zero-order valence-corrected chi connectivity index (χ0v) is 15.4. The van der Waals surface area contributed by atoms with E-state index in [2.05, 4.69) is 21.2 Å². The zero-order valence-electron chi connectivity index (χ0n) is 15.4. The van der Waals surface area contributed by atoms with E-state index in [0.29, 0.717) is 6.54 Å². The van der Waals surface area contributed by atoms with Crippen LogP contribution in [0.4, 0.5) is 0 Å². The molecule has 0 unspecified atom stereocenters. The van der Waals surface area contributed by atoms with Crippen molar-refractivity contribution in [2.24, 2.45) is 5.92 Å². The van der Waals surface area contributed by atoms with Gasteiger partial charge < -0.3 is 10.1 Å². The van der Waals surface area contributed by atoms with Crippen molar-refractivity contribution in [2.45, 2.75) is 57.5 Å². The standard InChI is InChI=1S/C21H27N3O2/c1-26-20-12-5-4-9-16(20)14-24-19-11-6-10-18(17(19)13-22-24)23-21(25)15-7-2-3-8-15/h4-5,9,12-13,15,18H,2-3,6-8,10-11,14H2,1H3,(H,23,25)/t18-/m1/s1. The molecule has 26 heavy (non-hydrogen) atoms. The van der Waals surface area contributed by atoms with Gasteiger partial charge in [0, 0.05) is 22.7 Å². The van der Waals surface area contributed by atoms with Gasteiger partial charge in [-0.3, -0.25) is 9.48 Å². The second kappa shape index (κ2) is 7.52. The molecule has 0 bridgehead atoms. The molecule has 2 aliphatic carbocycles. The number of ether oxygens (including phenoxy) is 1. The van der Waals surface area contributed by atoms with Crippen LogP contribution in [0, 0.1) is 5.92 Å². The number of benzene rings is 1. The molecule has 138 valence electrons. The number of nitrogens with zero attached hydrogens (tertiary/aromatic N) is 2. The topological polar surface area (TPSA) is 56.1 Å². The first kappa shape index (κ1) is 17.1. The molecular weight excluding hydrogens is 326 g/mol. The van der Waals surface area contributed by atoms with Gasteiger partial charge in [-0.25, -0.2) is 0 Å². The van der Waals surface area contributed by atoms with Crippen molar-refractivity contribution in [3.8, 4) is 5.75 Å². The van der Waals surface area contributed by atoms with E-state index in [0.717, 1.165) is 43.4 Å². The molecular formula is C21H27N3O2. The lowest BCUT2D eigenvalue weighted by Gasteiger charge is -2.25. The number of nitrogens with one attached hydrogen (secondary N) is 1. The Kier molecular flexibility index (Phi) is 4.96. The minimum absolute atomic E-state index is 0.110. The SMILES string of the molecule is COc1ccccc1Cn1ncc2c1CCC[C@H]2NC(=O)C1CCCC1.